The Hall–Kier alpha value is -0.740. The summed E-state index contributed by atoms with van der Waals surface area (Å²) in [6.07, 6.45) is 2.51. The Morgan fingerprint density at radius 3 is 2.58 bits per heavy atom. The van der Waals surface area contributed by atoms with Crippen LogP contribution in [0.2, 0.25) is 0 Å². The average Bonchev–Trinajstić information content (AvgIpc) is 3.19. The maximum atomic E-state index is 9.50. The van der Waals surface area contributed by atoms with Gasteiger partial charge in [0.2, 0.25) is 0 Å². The van der Waals surface area contributed by atoms with Crippen molar-refractivity contribution in [3.8, 4) is 11.5 Å². The Morgan fingerprint density at radius 1 is 1.37 bits per heavy atom. The molecule has 2 rings (SSSR count). The van der Waals surface area contributed by atoms with Crippen LogP contribution in [0.15, 0.2) is 16.6 Å². The van der Waals surface area contributed by atoms with Crippen LogP contribution in [0.25, 0.3) is 0 Å². The largest absolute Gasteiger partial charge is 0.492 e. The summed E-state index contributed by atoms with van der Waals surface area (Å²) in [5.74, 6) is 2.16. The maximum Gasteiger partial charge on any atom is 0.174 e. The summed E-state index contributed by atoms with van der Waals surface area (Å²) in [4.78, 5) is 0. The molecule has 0 heterocycles. The van der Waals surface area contributed by atoms with Gasteiger partial charge in [-0.05, 0) is 52.4 Å². The summed E-state index contributed by atoms with van der Waals surface area (Å²) in [5, 5.41) is 9.50. The minimum atomic E-state index is -0.299. The van der Waals surface area contributed by atoms with Gasteiger partial charge in [-0.2, -0.15) is 0 Å². The number of halogens is 1. The second-order valence-electron chi connectivity index (χ2n) is 5.79. The molecular formula is C15H21BrO3. The van der Waals surface area contributed by atoms with E-state index in [4.69, 9.17) is 9.47 Å². The van der Waals surface area contributed by atoms with Crippen LogP contribution in [-0.2, 0) is 5.41 Å². The molecule has 0 amide bonds. The number of ether oxygens (including phenoxy) is 2. The summed E-state index contributed by atoms with van der Waals surface area (Å²) in [7, 11) is 1.64. The normalized spacial score (nSPS) is 15.4. The maximum absolute atomic E-state index is 9.50. The Kier molecular flexibility index (Phi) is 4.41. The number of benzene rings is 1. The van der Waals surface area contributed by atoms with E-state index < -0.39 is 0 Å². The van der Waals surface area contributed by atoms with Crippen LogP contribution < -0.4 is 9.47 Å². The topological polar surface area (TPSA) is 38.7 Å². The Bertz CT molecular complexity index is 453. The van der Waals surface area contributed by atoms with Gasteiger partial charge in [-0.1, -0.05) is 13.8 Å². The van der Waals surface area contributed by atoms with Crippen molar-refractivity contribution in [2.75, 3.05) is 20.3 Å². The average molecular weight is 329 g/mol. The number of rotatable bonds is 6. The van der Waals surface area contributed by atoms with Crippen molar-refractivity contribution in [3.63, 3.8) is 0 Å². The molecule has 0 atom stereocenters. The lowest BCUT2D eigenvalue weighted by atomic mass is 9.85. The molecule has 4 heteroatoms. The molecule has 1 N–H and O–H groups in total. The standard InChI is InChI=1S/C15H21BrO3/c1-15(2,9-17)11-6-12(16)14(18-3)13(7-11)19-8-10-4-5-10/h6-7,10,17H,4-5,8-9H2,1-3H3. The highest BCUT2D eigenvalue weighted by atomic mass is 79.9. The molecule has 0 aliphatic heterocycles. The smallest absolute Gasteiger partial charge is 0.174 e. The summed E-state index contributed by atoms with van der Waals surface area (Å²) in [6.45, 7) is 4.84. The van der Waals surface area contributed by atoms with Crippen LogP contribution in [0, 0.1) is 5.92 Å². The van der Waals surface area contributed by atoms with E-state index in [9.17, 15) is 5.11 Å². The molecule has 0 unspecified atom stereocenters. The van der Waals surface area contributed by atoms with Gasteiger partial charge in [0.05, 0.1) is 24.8 Å². The molecule has 0 spiro atoms. The van der Waals surface area contributed by atoms with Crippen molar-refractivity contribution in [2.24, 2.45) is 5.92 Å². The van der Waals surface area contributed by atoms with Crippen molar-refractivity contribution in [1.82, 2.24) is 0 Å². The molecule has 1 fully saturated rings. The summed E-state index contributed by atoms with van der Waals surface area (Å²) < 4.78 is 12.1. The fourth-order valence-electron chi connectivity index (χ4n) is 1.85. The fraction of sp³-hybridized carbons (Fsp3) is 0.600. The Morgan fingerprint density at radius 2 is 2.05 bits per heavy atom. The van der Waals surface area contributed by atoms with E-state index in [-0.39, 0.29) is 12.0 Å². The molecular weight excluding hydrogens is 308 g/mol. The van der Waals surface area contributed by atoms with Crippen molar-refractivity contribution < 1.29 is 14.6 Å². The van der Waals surface area contributed by atoms with Crippen molar-refractivity contribution in [3.05, 3.63) is 22.2 Å². The first-order valence-corrected chi connectivity index (χ1v) is 7.39. The summed E-state index contributed by atoms with van der Waals surface area (Å²) >= 11 is 3.52. The highest BCUT2D eigenvalue weighted by Crippen LogP contribution is 2.41. The highest BCUT2D eigenvalue weighted by Gasteiger charge is 2.25. The van der Waals surface area contributed by atoms with E-state index in [1.54, 1.807) is 7.11 Å². The third-order valence-corrected chi connectivity index (χ3v) is 4.15. The molecule has 1 saturated carbocycles. The Balaban J connectivity index is 2.31. The molecule has 1 aliphatic rings. The fourth-order valence-corrected chi connectivity index (χ4v) is 2.45. The monoisotopic (exact) mass is 328 g/mol. The SMILES string of the molecule is COc1c(Br)cc(C(C)(C)CO)cc1OCC1CC1. The number of aliphatic hydroxyl groups excluding tert-OH is 1. The van der Waals surface area contributed by atoms with Gasteiger partial charge in [-0.25, -0.2) is 0 Å². The summed E-state index contributed by atoms with van der Waals surface area (Å²) in [6, 6.07) is 3.96. The molecule has 0 saturated heterocycles. The predicted molar refractivity (Wildman–Crippen MR) is 79.0 cm³/mol. The van der Waals surface area contributed by atoms with Crippen molar-refractivity contribution in [1.29, 1.82) is 0 Å². The minimum Gasteiger partial charge on any atom is -0.492 e. The third kappa shape index (κ3) is 3.42. The second-order valence-corrected chi connectivity index (χ2v) is 6.64. The molecule has 19 heavy (non-hydrogen) atoms. The van der Waals surface area contributed by atoms with Gasteiger partial charge in [0.15, 0.2) is 11.5 Å². The highest BCUT2D eigenvalue weighted by molar-refractivity contribution is 9.10. The lowest BCUT2D eigenvalue weighted by Crippen LogP contribution is -2.22. The van der Waals surface area contributed by atoms with Crippen molar-refractivity contribution in [2.45, 2.75) is 32.1 Å². The third-order valence-electron chi connectivity index (χ3n) is 3.56. The van der Waals surface area contributed by atoms with Crippen LogP contribution >= 0.6 is 15.9 Å². The molecule has 106 valence electrons. The number of aliphatic hydroxyl groups is 1. The van der Waals surface area contributed by atoms with Gasteiger partial charge in [-0.3, -0.25) is 0 Å². The van der Waals surface area contributed by atoms with Gasteiger partial charge >= 0.3 is 0 Å². The van der Waals surface area contributed by atoms with Crippen LogP contribution in [0.3, 0.4) is 0 Å². The van der Waals surface area contributed by atoms with Gasteiger partial charge in [0.1, 0.15) is 0 Å². The quantitative estimate of drug-likeness (QED) is 0.868. The minimum absolute atomic E-state index is 0.0911. The molecule has 1 aliphatic carbocycles. The van der Waals surface area contributed by atoms with E-state index >= 15 is 0 Å². The molecule has 0 bridgehead atoms. The molecule has 0 aromatic heterocycles. The van der Waals surface area contributed by atoms with E-state index in [0.717, 1.165) is 28.1 Å². The number of methoxy groups -OCH3 is 1. The lowest BCUT2D eigenvalue weighted by Gasteiger charge is -2.24. The van der Waals surface area contributed by atoms with E-state index in [1.165, 1.54) is 12.8 Å². The van der Waals surface area contributed by atoms with E-state index in [1.807, 2.05) is 26.0 Å². The second kappa shape index (κ2) is 5.71. The predicted octanol–water partition coefficient (Wildman–Crippen LogP) is 3.52. The molecule has 1 aromatic carbocycles. The lowest BCUT2D eigenvalue weighted by molar-refractivity contribution is 0.217. The summed E-state index contributed by atoms with van der Waals surface area (Å²) in [5.41, 5.74) is 0.736. The first-order valence-electron chi connectivity index (χ1n) is 6.59. The van der Waals surface area contributed by atoms with E-state index in [0.29, 0.717) is 5.92 Å². The molecule has 1 aromatic rings. The number of hydrogen-bond donors (Lipinski definition) is 1. The Labute approximate surface area is 123 Å². The molecule has 3 nitrogen and oxygen atoms in total. The number of hydrogen-bond acceptors (Lipinski definition) is 3. The zero-order valence-corrected chi connectivity index (χ0v) is 13.3. The zero-order chi connectivity index (χ0) is 14.0. The van der Waals surface area contributed by atoms with Crippen LogP contribution in [-0.4, -0.2) is 25.4 Å². The van der Waals surface area contributed by atoms with Gasteiger partial charge in [-0.15, -0.1) is 0 Å². The first kappa shape index (κ1) is 14.7. The van der Waals surface area contributed by atoms with Gasteiger partial charge in [0.25, 0.3) is 0 Å². The zero-order valence-electron chi connectivity index (χ0n) is 11.7. The van der Waals surface area contributed by atoms with Crippen LogP contribution in [0.1, 0.15) is 32.3 Å². The van der Waals surface area contributed by atoms with Gasteiger partial charge in [0, 0.05) is 5.41 Å². The molecule has 0 radical (unpaired) electrons. The first-order chi connectivity index (χ1) is 8.97. The van der Waals surface area contributed by atoms with Crippen LogP contribution in [0.4, 0.5) is 0 Å². The van der Waals surface area contributed by atoms with Crippen LogP contribution in [0.5, 0.6) is 11.5 Å². The van der Waals surface area contributed by atoms with Gasteiger partial charge < -0.3 is 14.6 Å². The van der Waals surface area contributed by atoms with Crippen molar-refractivity contribution >= 4 is 15.9 Å². The van der Waals surface area contributed by atoms with E-state index in [2.05, 4.69) is 15.9 Å².